The fourth-order valence-electron chi connectivity index (χ4n) is 0.951. The molecular formula is C9H12S2. The van der Waals surface area contributed by atoms with Crippen LogP contribution in [0.5, 0.6) is 0 Å². The van der Waals surface area contributed by atoms with E-state index in [4.69, 9.17) is 0 Å². The Kier molecular flexibility index (Phi) is 3.87. The third-order valence-corrected chi connectivity index (χ3v) is 2.62. The van der Waals surface area contributed by atoms with Gasteiger partial charge in [0.05, 0.1) is 0 Å². The van der Waals surface area contributed by atoms with Gasteiger partial charge in [0.1, 0.15) is 0 Å². The van der Waals surface area contributed by atoms with Crippen LogP contribution in [0.3, 0.4) is 0 Å². The van der Waals surface area contributed by atoms with Crippen LogP contribution in [0.2, 0.25) is 0 Å². The second-order valence-corrected chi connectivity index (χ2v) is 3.62. The Morgan fingerprint density at radius 1 is 1.18 bits per heavy atom. The summed E-state index contributed by atoms with van der Waals surface area (Å²) in [5.41, 5.74) is 1.33. The molecule has 0 heterocycles. The zero-order valence-corrected chi connectivity index (χ0v) is 8.06. The van der Waals surface area contributed by atoms with Crippen molar-refractivity contribution in [2.75, 3.05) is 5.75 Å². The molecule has 0 saturated carbocycles. The molecule has 0 aliphatic rings. The van der Waals surface area contributed by atoms with Crippen molar-refractivity contribution in [3.63, 3.8) is 0 Å². The zero-order chi connectivity index (χ0) is 8.10. The van der Waals surface area contributed by atoms with Crippen LogP contribution in [-0.2, 0) is 6.42 Å². The van der Waals surface area contributed by atoms with Crippen LogP contribution >= 0.6 is 25.3 Å². The lowest BCUT2D eigenvalue weighted by Crippen LogP contribution is -2.04. The molecule has 0 nitrogen and oxygen atoms in total. The van der Waals surface area contributed by atoms with Crippen LogP contribution < -0.4 is 0 Å². The average Bonchev–Trinajstić information content (AvgIpc) is 2.06. The van der Waals surface area contributed by atoms with E-state index in [1.807, 2.05) is 18.2 Å². The Morgan fingerprint density at radius 2 is 1.82 bits per heavy atom. The van der Waals surface area contributed by atoms with E-state index in [9.17, 15) is 0 Å². The fourth-order valence-corrected chi connectivity index (χ4v) is 1.29. The van der Waals surface area contributed by atoms with Crippen LogP contribution in [0, 0.1) is 0 Å². The summed E-state index contributed by atoms with van der Waals surface area (Å²) in [6, 6.07) is 10.4. The van der Waals surface area contributed by atoms with Crippen molar-refractivity contribution in [2.24, 2.45) is 0 Å². The van der Waals surface area contributed by atoms with Crippen LogP contribution in [-0.4, -0.2) is 11.0 Å². The maximum atomic E-state index is 4.37. The van der Waals surface area contributed by atoms with Gasteiger partial charge in [-0.1, -0.05) is 30.3 Å². The molecule has 0 bridgehead atoms. The highest BCUT2D eigenvalue weighted by Crippen LogP contribution is 2.08. The highest BCUT2D eigenvalue weighted by molar-refractivity contribution is 7.84. The predicted molar refractivity (Wildman–Crippen MR) is 56.8 cm³/mol. The van der Waals surface area contributed by atoms with E-state index in [0.717, 1.165) is 12.2 Å². The number of thiol groups is 2. The molecule has 1 atom stereocenters. The van der Waals surface area contributed by atoms with Crippen LogP contribution in [0.1, 0.15) is 5.56 Å². The van der Waals surface area contributed by atoms with E-state index in [-0.39, 0.29) is 0 Å². The second-order valence-electron chi connectivity index (χ2n) is 2.53. The lowest BCUT2D eigenvalue weighted by atomic mass is 10.1. The molecule has 0 saturated heterocycles. The molecule has 60 valence electrons. The highest BCUT2D eigenvalue weighted by Gasteiger charge is 2.00. The molecule has 1 rings (SSSR count). The van der Waals surface area contributed by atoms with Crippen LogP contribution in [0.25, 0.3) is 0 Å². The minimum Gasteiger partial charge on any atom is -0.178 e. The molecular weight excluding hydrogens is 172 g/mol. The SMILES string of the molecule is SCC(S)Cc1ccccc1. The zero-order valence-electron chi connectivity index (χ0n) is 6.27. The topological polar surface area (TPSA) is 0 Å². The lowest BCUT2D eigenvalue weighted by molar-refractivity contribution is 0.965. The summed E-state index contributed by atoms with van der Waals surface area (Å²) in [6.45, 7) is 0. The molecule has 1 aromatic carbocycles. The van der Waals surface area contributed by atoms with Crippen LogP contribution in [0.4, 0.5) is 0 Å². The van der Waals surface area contributed by atoms with E-state index < -0.39 is 0 Å². The summed E-state index contributed by atoms with van der Waals surface area (Å²) < 4.78 is 0. The molecule has 0 aliphatic heterocycles. The van der Waals surface area contributed by atoms with Gasteiger partial charge in [-0.05, 0) is 12.0 Å². The maximum Gasteiger partial charge on any atom is 0.0145 e. The van der Waals surface area contributed by atoms with E-state index in [1.165, 1.54) is 5.56 Å². The Balaban J connectivity index is 2.51. The summed E-state index contributed by atoms with van der Waals surface area (Å²) in [7, 11) is 0. The third kappa shape index (κ3) is 3.21. The summed E-state index contributed by atoms with van der Waals surface area (Å²) in [6.07, 6.45) is 1.01. The summed E-state index contributed by atoms with van der Waals surface area (Å²) in [4.78, 5) is 0. The molecule has 2 heteroatoms. The highest BCUT2D eigenvalue weighted by atomic mass is 32.1. The molecule has 0 aliphatic carbocycles. The summed E-state index contributed by atoms with van der Waals surface area (Å²) >= 11 is 8.53. The second kappa shape index (κ2) is 4.73. The molecule has 1 unspecified atom stereocenters. The molecule has 0 fully saturated rings. The fraction of sp³-hybridized carbons (Fsp3) is 0.333. The number of rotatable bonds is 3. The van der Waals surface area contributed by atoms with Gasteiger partial charge in [0, 0.05) is 11.0 Å². The van der Waals surface area contributed by atoms with Crippen molar-refractivity contribution in [1.82, 2.24) is 0 Å². The minimum absolute atomic E-state index is 0.376. The van der Waals surface area contributed by atoms with Gasteiger partial charge in [-0.3, -0.25) is 0 Å². The standard InChI is InChI=1S/C9H12S2/c10-7-9(11)6-8-4-2-1-3-5-8/h1-5,9-11H,6-7H2. The van der Waals surface area contributed by atoms with Crippen molar-refractivity contribution >= 4 is 25.3 Å². The van der Waals surface area contributed by atoms with E-state index in [1.54, 1.807) is 0 Å². The summed E-state index contributed by atoms with van der Waals surface area (Å²) in [5.74, 6) is 0.831. The Morgan fingerprint density at radius 3 is 2.36 bits per heavy atom. The van der Waals surface area contributed by atoms with Crippen molar-refractivity contribution in [1.29, 1.82) is 0 Å². The Bertz CT molecular complexity index is 196. The molecule has 1 aromatic rings. The summed E-state index contributed by atoms with van der Waals surface area (Å²) in [5, 5.41) is 0.376. The third-order valence-electron chi connectivity index (χ3n) is 1.52. The Labute approximate surface area is 78.8 Å². The Hall–Kier alpha value is -0.0800. The van der Waals surface area contributed by atoms with E-state index >= 15 is 0 Å². The van der Waals surface area contributed by atoms with Gasteiger partial charge in [0.25, 0.3) is 0 Å². The number of benzene rings is 1. The molecule has 0 amide bonds. The van der Waals surface area contributed by atoms with Gasteiger partial charge in [0.2, 0.25) is 0 Å². The first-order chi connectivity index (χ1) is 5.33. The van der Waals surface area contributed by atoms with E-state index in [2.05, 4.69) is 37.4 Å². The van der Waals surface area contributed by atoms with Crippen LogP contribution in [0.15, 0.2) is 30.3 Å². The van der Waals surface area contributed by atoms with Gasteiger partial charge in [-0.25, -0.2) is 0 Å². The largest absolute Gasteiger partial charge is 0.178 e. The van der Waals surface area contributed by atoms with Crippen molar-refractivity contribution in [3.8, 4) is 0 Å². The number of hydrogen-bond acceptors (Lipinski definition) is 2. The first-order valence-electron chi connectivity index (χ1n) is 3.66. The minimum atomic E-state index is 0.376. The quantitative estimate of drug-likeness (QED) is 0.662. The molecule has 0 radical (unpaired) electrons. The smallest absolute Gasteiger partial charge is 0.0145 e. The lowest BCUT2D eigenvalue weighted by Gasteiger charge is -2.05. The molecule has 0 spiro atoms. The number of hydrogen-bond donors (Lipinski definition) is 2. The van der Waals surface area contributed by atoms with Crippen molar-refractivity contribution in [2.45, 2.75) is 11.7 Å². The molecule has 0 aromatic heterocycles. The maximum absolute atomic E-state index is 4.37. The average molecular weight is 184 g/mol. The monoisotopic (exact) mass is 184 g/mol. The van der Waals surface area contributed by atoms with Crippen molar-refractivity contribution in [3.05, 3.63) is 35.9 Å². The van der Waals surface area contributed by atoms with Gasteiger partial charge in [0.15, 0.2) is 0 Å². The predicted octanol–water partition coefficient (Wildman–Crippen LogP) is 2.46. The van der Waals surface area contributed by atoms with Gasteiger partial charge in [-0.15, -0.1) is 0 Å². The first-order valence-corrected chi connectivity index (χ1v) is 4.80. The van der Waals surface area contributed by atoms with E-state index in [0.29, 0.717) is 5.25 Å². The normalized spacial score (nSPS) is 12.9. The first kappa shape index (κ1) is 9.01. The van der Waals surface area contributed by atoms with Gasteiger partial charge in [-0.2, -0.15) is 25.3 Å². The van der Waals surface area contributed by atoms with Gasteiger partial charge < -0.3 is 0 Å². The molecule has 0 N–H and O–H groups in total. The van der Waals surface area contributed by atoms with Crippen molar-refractivity contribution < 1.29 is 0 Å². The molecule has 11 heavy (non-hydrogen) atoms. The van der Waals surface area contributed by atoms with Gasteiger partial charge >= 0.3 is 0 Å².